The van der Waals surface area contributed by atoms with Crippen LogP contribution in [-0.2, 0) is 16.2 Å². The van der Waals surface area contributed by atoms with Gasteiger partial charge >= 0.3 is 12.7 Å². The quantitative estimate of drug-likeness (QED) is 0.168. The Morgan fingerprint density at radius 1 is 0.392 bits per heavy atom. The van der Waals surface area contributed by atoms with E-state index in [9.17, 15) is 26.3 Å². The van der Waals surface area contributed by atoms with E-state index in [1.165, 1.54) is 0 Å². The van der Waals surface area contributed by atoms with E-state index in [2.05, 4.69) is 47.6 Å². The van der Waals surface area contributed by atoms with Crippen LogP contribution in [0, 0.1) is 0 Å². The van der Waals surface area contributed by atoms with Gasteiger partial charge in [-0.1, -0.05) is 90.1 Å². The molecular formula is C43H32F6O2. The van der Waals surface area contributed by atoms with E-state index in [1.54, 1.807) is 36.4 Å². The Morgan fingerprint density at radius 3 is 1.04 bits per heavy atom. The molecule has 0 aromatic heterocycles. The van der Waals surface area contributed by atoms with Crippen LogP contribution in [0.1, 0.15) is 74.9 Å². The van der Waals surface area contributed by atoms with E-state index in [0.29, 0.717) is 21.5 Å². The third kappa shape index (κ3) is 4.31. The van der Waals surface area contributed by atoms with Gasteiger partial charge in [-0.15, -0.1) is 26.3 Å². The maximum atomic E-state index is 13.6. The van der Waals surface area contributed by atoms with Crippen molar-refractivity contribution in [3.05, 3.63) is 118 Å². The molecule has 0 unspecified atom stereocenters. The molecule has 0 bridgehead atoms. The van der Waals surface area contributed by atoms with E-state index < -0.39 is 29.0 Å². The number of alkyl halides is 6. The average molecular weight is 695 g/mol. The molecule has 3 aliphatic rings. The second-order valence-corrected chi connectivity index (χ2v) is 15.5. The molecule has 0 heterocycles. The van der Waals surface area contributed by atoms with Crippen LogP contribution >= 0.6 is 0 Å². The lowest BCUT2D eigenvalue weighted by molar-refractivity contribution is -0.275. The normalized spacial score (nSPS) is 17.1. The van der Waals surface area contributed by atoms with Gasteiger partial charge < -0.3 is 9.47 Å². The van der Waals surface area contributed by atoms with Crippen LogP contribution in [0.25, 0.3) is 54.9 Å². The van der Waals surface area contributed by atoms with Gasteiger partial charge in [0, 0.05) is 27.0 Å². The van der Waals surface area contributed by atoms with Gasteiger partial charge in [-0.05, 0) is 114 Å². The Bertz CT molecular complexity index is 2360. The fourth-order valence-corrected chi connectivity index (χ4v) is 9.23. The Hall–Kier alpha value is -4.98. The monoisotopic (exact) mass is 694 g/mol. The van der Waals surface area contributed by atoms with Gasteiger partial charge in [0.05, 0.1) is 0 Å². The van der Waals surface area contributed by atoms with Crippen LogP contribution in [0.3, 0.4) is 0 Å². The first-order valence-electron chi connectivity index (χ1n) is 16.8. The maximum absolute atomic E-state index is 13.6. The predicted molar refractivity (Wildman–Crippen MR) is 188 cm³/mol. The van der Waals surface area contributed by atoms with E-state index >= 15 is 0 Å². The van der Waals surface area contributed by atoms with Crippen LogP contribution in [0.15, 0.2) is 84.9 Å². The number of ether oxygens (including phenoxy) is 2. The van der Waals surface area contributed by atoms with Crippen LogP contribution in [-0.4, -0.2) is 12.7 Å². The van der Waals surface area contributed by atoms with Crippen LogP contribution < -0.4 is 9.47 Å². The second kappa shape index (κ2) is 9.66. The highest BCUT2D eigenvalue weighted by Crippen LogP contribution is 2.61. The molecule has 0 aliphatic heterocycles. The minimum absolute atomic E-state index is 0.218. The first-order valence-corrected chi connectivity index (χ1v) is 16.8. The van der Waals surface area contributed by atoms with Crippen molar-refractivity contribution in [2.45, 2.75) is 70.5 Å². The summed E-state index contributed by atoms with van der Waals surface area (Å²) in [5.74, 6) is -0.436. The van der Waals surface area contributed by atoms with E-state index in [4.69, 9.17) is 0 Å². The van der Waals surface area contributed by atoms with Crippen molar-refractivity contribution in [3.63, 3.8) is 0 Å². The van der Waals surface area contributed by atoms with Crippen molar-refractivity contribution >= 4 is 21.5 Å². The highest BCUT2D eigenvalue weighted by atomic mass is 19.4. The molecule has 0 saturated heterocycles. The van der Waals surface area contributed by atoms with E-state index in [1.807, 2.05) is 52.0 Å². The zero-order valence-corrected chi connectivity index (χ0v) is 28.7. The summed E-state index contributed by atoms with van der Waals surface area (Å²) in [5.41, 5.74) is 9.95. The molecule has 6 aromatic carbocycles. The molecule has 258 valence electrons. The summed E-state index contributed by atoms with van der Waals surface area (Å²) in [6, 6.07) is 26.1. The molecule has 51 heavy (non-hydrogen) atoms. The van der Waals surface area contributed by atoms with E-state index in [0.717, 1.165) is 66.8 Å². The van der Waals surface area contributed by atoms with Crippen molar-refractivity contribution < 1.29 is 35.8 Å². The topological polar surface area (TPSA) is 18.5 Å². The number of fused-ring (bicyclic) bond motifs is 13. The smallest absolute Gasteiger partial charge is 0.405 e. The molecule has 0 N–H and O–H groups in total. The summed E-state index contributed by atoms with van der Waals surface area (Å²) in [5, 5.41) is 2.20. The lowest BCUT2D eigenvalue weighted by Gasteiger charge is -2.25. The first-order chi connectivity index (χ1) is 23.8. The Kier molecular flexibility index (Phi) is 6.06. The van der Waals surface area contributed by atoms with E-state index in [-0.39, 0.29) is 11.5 Å². The molecule has 8 heteroatoms. The van der Waals surface area contributed by atoms with Gasteiger partial charge in [0.15, 0.2) is 0 Å². The summed E-state index contributed by atoms with van der Waals surface area (Å²) in [6.07, 6.45) is -9.68. The summed E-state index contributed by atoms with van der Waals surface area (Å²) in [4.78, 5) is 0. The second-order valence-electron chi connectivity index (χ2n) is 15.5. The molecule has 6 aromatic rings. The molecule has 0 spiro atoms. The third-order valence-electron chi connectivity index (χ3n) is 11.6. The number of hydrogen-bond donors (Lipinski definition) is 0. The standard InChI is InChI=1S/C43H32F6O2/c1-39(2)29-17-27-31(40(3,4)33-19-35(50-42(44,45)46)21-11-7-9-13-23(21)37(27)33)15-25(29)26-16-32-28(18-30(26)39)38-24-14-10-8-12-22(24)36(51-43(47,48)49)20-34(38)41(32,5)6/h7-20H,1-6H3. The Labute approximate surface area is 290 Å². The summed E-state index contributed by atoms with van der Waals surface area (Å²) in [6.45, 7) is 12.5. The van der Waals surface area contributed by atoms with Crippen molar-refractivity contribution in [2.75, 3.05) is 0 Å². The molecule has 0 amide bonds. The first kappa shape index (κ1) is 32.0. The fraction of sp³-hybridized carbons (Fsp3) is 0.256. The third-order valence-corrected chi connectivity index (χ3v) is 11.6. The minimum Gasteiger partial charge on any atom is -0.405 e. The van der Waals surface area contributed by atoms with Gasteiger partial charge in [0.2, 0.25) is 0 Å². The highest BCUT2D eigenvalue weighted by Gasteiger charge is 2.46. The number of benzene rings is 6. The molecule has 0 fully saturated rings. The lowest BCUT2D eigenvalue weighted by Crippen LogP contribution is -2.19. The maximum Gasteiger partial charge on any atom is 0.573 e. The molecular weight excluding hydrogens is 662 g/mol. The van der Waals surface area contributed by atoms with Gasteiger partial charge in [0.1, 0.15) is 11.5 Å². The predicted octanol–water partition coefficient (Wildman–Crippen LogP) is 12.7. The Balaban J connectivity index is 1.26. The van der Waals surface area contributed by atoms with Gasteiger partial charge in [-0.3, -0.25) is 0 Å². The van der Waals surface area contributed by atoms with Crippen molar-refractivity contribution in [1.29, 1.82) is 0 Å². The number of halogens is 6. The fourth-order valence-electron chi connectivity index (χ4n) is 9.23. The summed E-state index contributed by atoms with van der Waals surface area (Å²) < 4.78 is 90.7. The SMILES string of the molecule is CC1(C)c2cc3c(cc2-c2cc4c(cc21)-c1c(cc(OC(F)(F)F)c2ccccc12)C4(C)C)C(C)(C)c1cc(OC(F)(F)F)c2ccccc2c1-3. The molecule has 3 aliphatic carbocycles. The van der Waals surface area contributed by atoms with Crippen molar-refractivity contribution in [1.82, 2.24) is 0 Å². The minimum atomic E-state index is -4.84. The number of rotatable bonds is 2. The summed E-state index contributed by atoms with van der Waals surface area (Å²) >= 11 is 0. The van der Waals surface area contributed by atoms with Crippen LogP contribution in [0.4, 0.5) is 26.3 Å². The van der Waals surface area contributed by atoms with Crippen molar-refractivity contribution in [2.24, 2.45) is 0 Å². The van der Waals surface area contributed by atoms with Crippen LogP contribution in [0.2, 0.25) is 0 Å². The lowest BCUT2D eigenvalue weighted by atomic mass is 9.78. The van der Waals surface area contributed by atoms with Crippen molar-refractivity contribution in [3.8, 4) is 44.9 Å². The average Bonchev–Trinajstić information content (AvgIpc) is 3.50. The Morgan fingerprint density at radius 2 is 0.686 bits per heavy atom. The zero-order chi connectivity index (χ0) is 36.2. The molecule has 2 nitrogen and oxygen atoms in total. The zero-order valence-electron chi connectivity index (χ0n) is 28.7. The summed E-state index contributed by atoms with van der Waals surface area (Å²) in [7, 11) is 0. The largest absolute Gasteiger partial charge is 0.573 e. The molecule has 0 radical (unpaired) electrons. The van der Waals surface area contributed by atoms with Gasteiger partial charge in [0.25, 0.3) is 0 Å². The molecule has 9 rings (SSSR count). The van der Waals surface area contributed by atoms with Gasteiger partial charge in [-0.2, -0.15) is 0 Å². The molecule has 0 saturated carbocycles. The van der Waals surface area contributed by atoms with Gasteiger partial charge in [-0.25, -0.2) is 0 Å². The highest BCUT2D eigenvalue weighted by molar-refractivity contribution is 6.08. The molecule has 0 atom stereocenters. The number of hydrogen-bond acceptors (Lipinski definition) is 2. The van der Waals surface area contributed by atoms with Crippen LogP contribution in [0.5, 0.6) is 11.5 Å².